The maximum atomic E-state index is 12.6. The second-order valence-electron chi connectivity index (χ2n) is 7.77. The summed E-state index contributed by atoms with van der Waals surface area (Å²) in [6, 6.07) is 18.5. The molecule has 4 rings (SSSR count). The third-order valence-electron chi connectivity index (χ3n) is 5.77. The van der Waals surface area contributed by atoms with Crippen molar-refractivity contribution in [1.82, 2.24) is 9.80 Å². The molecule has 0 atom stereocenters. The van der Waals surface area contributed by atoms with Gasteiger partial charge in [-0.25, -0.2) is 4.79 Å². The Morgan fingerprint density at radius 1 is 0.939 bits per heavy atom. The van der Waals surface area contributed by atoms with Gasteiger partial charge in [-0.1, -0.05) is 48.5 Å². The second kappa shape index (κ2) is 10.5. The first-order valence-corrected chi connectivity index (χ1v) is 10.8. The summed E-state index contributed by atoms with van der Waals surface area (Å²) in [6.07, 6.45) is -0.468. The Hall–Kier alpha value is -3.39. The first-order chi connectivity index (χ1) is 16.0. The molecule has 33 heavy (non-hydrogen) atoms. The van der Waals surface area contributed by atoms with Gasteiger partial charge in [-0.05, 0) is 22.9 Å². The molecular weight excluding hydrogens is 430 g/mol. The van der Waals surface area contributed by atoms with E-state index >= 15 is 0 Å². The number of carbonyl (C=O) groups excluding carboxylic acids is 1. The van der Waals surface area contributed by atoms with Crippen molar-refractivity contribution in [2.75, 3.05) is 33.3 Å². The molecule has 3 aromatic carbocycles. The number of carbonyl (C=O) groups is 1. The Labute approximate surface area is 191 Å². The highest BCUT2D eigenvalue weighted by Crippen LogP contribution is 2.29. The number of amides is 1. The predicted molar refractivity (Wildman–Crippen MR) is 121 cm³/mol. The SMILES string of the molecule is COc1ccc2ccccc2c1CN1CCN(C(=O)OCc2ccccc2OC(F)F)CC1. The van der Waals surface area contributed by atoms with Crippen molar-refractivity contribution in [3.05, 3.63) is 71.8 Å². The fourth-order valence-corrected chi connectivity index (χ4v) is 4.05. The quantitative estimate of drug-likeness (QED) is 0.506. The van der Waals surface area contributed by atoms with Gasteiger partial charge in [0, 0.05) is 43.9 Å². The number of fused-ring (bicyclic) bond motifs is 1. The van der Waals surface area contributed by atoms with Gasteiger partial charge in [0.15, 0.2) is 0 Å². The Kier molecular flexibility index (Phi) is 7.24. The van der Waals surface area contributed by atoms with Crippen molar-refractivity contribution in [2.24, 2.45) is 0 Å². The van der Waals surface area contributed by atoms with Crippen LogP contribution in [0.3, 0.4) is 0 Å². The van der Waals surface area contributed by atoms with Gasteiger partial charge < -0.3 is 19.1 Å². The van der Waals surface area contributed by atoms with Crippen LogP contribution in [0.2, 0.25) is 0 Å². The second-order valence-corrected chi connectivity index (χ2v) is 7.77. The summed E-state index contributed by atoms with van der Waals surface area (Å²) in [5.74, 6) is 0.856. The van der Waals surface area contributed by atoms with Gasteiger partial charge in [0.1, 0.15) is 18.1 Å². The number of para-hydroxylation sites is 1. The molecule has 0 radical (unpaired) electrons. The minimum absolute atomic E-state index is 0.00848. The van der Waals surface area contributed by atoms with Gasteiger partial charge in [-0.15, -0.1) is 0 Å². The minimum Gasteiger partial charge on any atom is -0.496 e. The van der Waals surface area contributed by atoms with Gasteiger partial charge in [-0.2, -0.15) is 8.78 Å². The van der Waals surface area contributed by atoms with Crippen LogP contribution in [-0.4, -0.2) is 55.8 Å². The van der Waals surface area contributed by atoms with Crippen molar-refractivity contribution in [2.45, 2.75) is 19.8 Å². The van der Waals surface area contributed by atoms with Crippen LogP contribution in [0.5, 0.6) is 11.5 Å². The molecule has 1 saturated heterocycles. The molecule has 0 unspecified atom stereocenters. The number of rotatable bonds is 7. The number of ether oxygens (including phenoxy) is 3. The van der Waals surface area contributed by atoms with Crippen LogP contribution in [0, 0.1) is 0 Å². The molecule has 0 N–H and O–H groups in total. The lowest BCUT2D eigenvalue weighted by atomic mass is 10.0. The van der Waals surface area contributed by atoms with E-state index in [0.29, 0.717) is 38.3 Å². The summed E-state index contributed by atoms with van der Waals surface area (Å²) in [7, 11) is 1.67. The van der Waals surface area contributed by atoms with Crippen LogP contribution in [0.15, 0.2) is 60.7 Å². The molecule has 3 aromatic rings. The predicted octanol–water partition coefficient (Wildman–Crippen LogP) is 4.90. The largest absolute Gasteiger partial charge is 0.496 e. The molecule has 1 amide bonds. The van der Waals surface area contributed by atoms with Gasteiger partial charge in [0.2, 0.25) is 0 Å². The Balaban J connectivity index is 1.34. The van der Waals surface area contributed by atoms with Crippen molar-refractivity contribution >= 4 is 16.9 Å². The first-order valence-electron chi connectivity index (χ1n) is 10.8. The van der Waals surface area contributed by atoms with Crippen molar-refractivity contribution in [1.29, 1.82) is 0 Å². The summed E-state index contributed by atoms with van der Waals surface area (Å²) in [5.41, 5.74) is 1.52. The lowest BCUT2D eigenvalue weighted by Gasteiger charge is -2.34. The fraction of sp³-hybridized carbons (Fsp3) is 0.320. The summed E-state index contributed by atoms with van der Waals surface area (Å²) in [6.45, 7) is 0.0534. The number of alkyl halides is 2. The van der Waals surface area contributed by atoms with Crippen molar-refractivity contribution < 1.29 is 27.8 Å². The van der Waals surface area contributed by atoms with E-state index in [-0.39, 0.29) is 12.4 Å². The Bertz CT molecular complexity index is 1100. The van der Waals surface area contributed by atoms with Crippen LogP contribution in [0.1, 0.15) is 11.1 Å². The van der Waals surface area contributed by atoms with Gasteiger partial charge in [-0.3, -0.25) is 4.90 Å². The number of hydrogen-bond donors (Lipinski definition) is 0. The molecule has 174 valence electrons. The highest BCUT2D eigenvalue weighted by molar-refractivity contribution is 5.87. The van der Waals surface area contributed by atoms with E-state index in [9.17, 15) is 13.6 Å². The molecule has 0 spiro atoms. The molecule has 0 saturated carbocycles. The zero-order chi connectivity index (χ0) is 23.2. The van der Waals surface area contributed by atoms with Crippen LogP contribution in [-0.2, 0) is 17.9 Å². The summed E-state index contributed by atoms with van der Waals surface area (Å²) < 4.78 is 40.6. The van der Waals surface area contributed by atoms with E-state index in [1.807, 2.05) is 18.2 Å². The number of methoxy groups -OCH3 is 1. The van der Waals surface area contributed by atoms with Gasteiger partial charge in [0.05, 0.1) is 7.11 Å². The zero-order valence-electron chi connectivity index (χ0n) is 18.4. The van der Waals surface area contributed by atoms with E-state index in [1.54, 1.807) is 30.2 Å². The van der Waals surface area contributed by atoms with Gasteiger partial charge in [0.25, 0.3) is 0 Å². The maximum absolute atomic E-state index is 12.6. The van der Waals surface area contributed by atoms with E-state index in [2.05, 4.69) is 27.8 Å². The Morgan fingerprint density at radius 3 is 2.42 bits per heavy atom. The molecule has 0 aliphatic carbocycles. The molecule has 1 aliphatic rings. The standard InChI is InChI=1S/C25H26F2N2O4/c1-31-23-11-10-18-6-2-4-8-20(18)21(23)16-28-12-14-29(15-13-28)25(30)32-17-19-7-3-5-9-22(19)33-24(26)27/h2-11,24H,12-17H2,1H3. The fourth-order valence-electron chi connectivity index (χ4n) is 4.05. The topological polar surface area (TPSA) is 51.2 Å². The summed E-state index contributed by atoms with van der Waals surface area (Å²) >= 11 is 0. The molecule has 8 heteroatoms. The zero-order valence-corrected chi connectivity index (χ0v) is 18.4. The number of piperazine rings is 1. The normalized spacial score (nSPS) is 14.5. The third kappa shape index (κ3) is 5.51. The van der Waals surface area contributed by atoms with Crippen LogP contribution in [0.25, 0.3) is 10.8 Å². The number of halogens is 2. The molecule has 0 bridgehead atoms. The minimum atomic E-state index is -2.93. The number of nitrogens with zero attached hydrogens (tertiary/aromatic N) is 2. The molecule has 6 nitrogen and oxygen atoms in total. The lowest BCUT2D eigenvalue weighted by Crippen LogP contribution is -2.48. The molecular formula is C25H26F2N2O4. The Morgan fingerprint density at radius 2 is 1.67 bits per heavy atom. The average molecular weight is 456 g/mol. The summed E-state index contributed by atoms with van der Waals surface area (Å²) in [4.78, 5) is 16.4. The van der Waals surface area contributed by atoms with E-state index in [4.69, 9.17) is 9.47 Å². The lowest BCUT2D eigenvalue weighted by molar-refractivity contribution is -0.0510. The van der Waals surface area contributed by atoms with Gasteiger partial charge >= 0.3 is 12.7 Å². The molecule has 1 fully saturated rings. The third-order valence-corrected chi connectivity index (χ3v) is 5.77. The highest BCUT2D eigenvalue weighted by Gasteiger charge is 2.24. The van der Waals surface area contributed by atoms with Crippen LogP contribution < -0.4 is 9.47 Å². The maximum Gasteiger partial charge on any atom is 0.410 e. The van der Waals surface area contributed by atoms with Crippen molar-refractivity contribution in [3.63, 3.8) is 0 Å². The van der Waals surface area contributed by atoms with E-state index in [1.165, 1.54) is 6.07 Å². The van der Waals surface area contributed by atoms with E-state index < -0.39 is 12.7 Å². The molecule has 1 aliphatic heterocycles. The first kappa shape index (κ1) is 22.8. The molecule has 0 aromatic heterocycles. The van der Waals surface area contributed by atoms with Crippen molar-refractivity contribution in [3.8, 4) is 11.5 Å². The van der Waals surface area contributed by atoms with Crippen LogP contribution >= 0.6 is 0 Å². The smallest absolute Gasteiger partial charge is 0.410 e. The highest BCUT2D eigenvalue weighted by atomic mass is 19.3. The summed E-state index contributed by atoms with van der Waals surface area (Å²) in [5, 5.41) is 2.31. The number of hydrogen-bond acceptors (Lipinski definition) is 5. The van der Waals surface area contributed by atoms with E-state index in [0.717, 1.165) is 22.1 Å². The average Bonchev–Trinajstić information content (AvgIpc) is 2.83. The number of benzene rings is 3. The molecule has 1 heterocycles. The van der Waals surface area contributed by atoms with Crippen LogP contribution in [0.4, 0.5) is 13.6 Å². The monoisotopic (exact) mass is 456 g/mol.